The molecule has 4 fully saturated rings. The van der Waals surface area contributed by atoms with E-state index in [0.717, 1.165) is 37.0 Å². The van der Waals surface area contributed by atoms with Crippen molar-refractivity contribution in [2.45, 2.75) is 44.1 Å². The first-order chi connectivity index (χ1) is 6.71. The van der Waals surface area contributed by atoms with Gasteiger partial charge in [-0.05, 0) is 62.2 Å². The van der Waals surface area contributed by atoms with Crippen molar-refractivity contribution in [1.82, 2.24) is 0 Å². The van der Waals surface area contributed by atoms with Gasteiger partial charge in [0, 0.05) is 0 Å². The second-order valence-electron chi connectivity index (χ2n) is 5.84. The lowest BCUT2D eigenvalue weighted by Gasteiger charge is -2.59. The van der Waals surface area contributed by atoms with Gasteiger partial charge in [0.05, 0.1) is 5.60 Å². The van der Waals surface area contributed by atoms with Gasteiger partial charge >= 0.3 is 0 Å². The summed E-state index contributed by atoms with van der Waals surface area (Å²) in [5.41, 5.74) is -0.303. The molecule has 4 rings (SSSR count). The number of aliphatic hydroxyl groups is 1. The Labute approximate surface area is 86.2 Å². The monoisotopic (exact) mass is 192 g/mol. The minimum Gasteiger partial charge on any atom is -0.390 e. The Morgan fingerprint density at radius 1 is 1.21 bits per heavy atom. The van der Waals surface area contributed by atoms with E-state index in [1.807, 2.05) is 6.08 Å². The van der Waals surface area contributed by atoms with Gasteiger partial charge in [0.25, 0.3) is 0 Å². The van der Waals surface area contributed by atoms with E-state index in [1.165, 1.54) is 19.3 Å². The SMILES string of the molecule is C=CCC1C2CC3CC(C2)CC1(O)C3. The Morgan fingerprint density at radius 3 is 2.36 bits per heavy atom. The second-order valence-corrected chi connectivity index (χ2v) is 5.84. The molecule has 0 saturated heterocycles. The molecule has 1 heteroatoms. The summed E-state index contributed by atoms with van der Waals surface area (Å²) >= 11 is 0. The topological polar surface area (TPSA) is 20.2 Å². The van der Waals surface area contributed by atoms with Crippen molar-refractivity contribution >= 4 is 0 Å². The van der Waals surface area contributed by atoms with Crippen molar-refractivity contribution in [2.75, 3.05) is 0 Å². The molecule has 4 aliphatic carbocycles. The zero-order chi connectivity index (χ0) is 9.76. The number of hydrogen-bond donors (Lipinski definition) is 1. The molecule has 0 aromatic rings. The molecule has 0 amide bonds. The molecule has 0 aromatic carbocycles. The van der Waals surface area contributed by atoms with E-state index in [0.29, 0.717) is 5.92 Å². The number of rotatable bonds is 2. The minimum atomic E-state index is -0.303. The van der Waals surface area contributed by atoms with Gasteiger partial charge in [-0.2, -0.15) is 0 Å². The van der Waals surface area contributed by atoms with E-state index in [-0.39, 0.29) is 5.60 Å². The van der Waals surface area contributed by atoms with Crippen LogP contribution in [0.2, 0.25) is 0 Å². The van der Waals surface area contributed by atoms with Crippen LogP contribution in [0.5, 0.6) is 0 Å². The Balaban J connectivity index is 1.89. The maximum Gasteiger partial charge on any atom is 0.0686 e. The highest BCUT2D eigenvalue weighted by Crippen LogP contribution is 2.59. The Bertz CT molecular complexity index is 244. The van der Waals surface area contributed by atoms with Crippen molar-refractivity contribution in [3.05, 3.63) is 12.7 Å². The molecular formula is C13H20O. The molecular weight excluding hydrogens is 172 g/mol. The van der Waals surface area contributed by atoms with Crippen LogP contribution in [0.15, 0.2) is 12.7 Å². The molecule has 4 aliphatic rings. The molecule has 14 heavy (non-hydrogen) atoms. The zero-order valence-electron chi connectivity index (χ0n) is 8.78. The molecule has 0 radical (unpaired) electrons. The highest BCUT2D eigenvalue weighted by molar-refractivity contribution is 5.07. The summed E-state index contributed by atoms with van der Waals surface area (Å²) in [6.07, 6.45) is 9.37. The van der Waals surface area contributed by atoms with Crippen molar-refractivity contribution in [2.24, 2.45) is 23.7 Å². The van der Waals surface area contributed by atoms with Crippen LogP contribution in [0.25, 0.3) is 0 Å². The highest BCUT2D eigenvalue weighted by atomic mass is 16.3. The van der Waals surface area contributed by atoms with E-state index >= 15 is 0 Å². The highest BCUT2D eigenvalue weighted by Gasteiger charge is 2.55. The molecule has 1 N–H and O–H groups in total. The summed E-state index contributed by atoms with van der Waals surface area (Å²) in [5, 5.41) is 10.6. The van der Waals surface area contributed by atoms with Crippen LogP contribution in [0.3, 0.4) is 0 Å². The smallest absolute Gasteiger partial charge is 0.0686 e. The van der Waals surface area contributed by atoms with Crippen molar-refractivity contribution < 1.29 is 5.11 Å². The fraction of sp³-hybridized carbons (Fsp3) is 0.846. The van der Waals surface area contributed by atoms with Crippen LogP contribution >= 0.6 is 0 Å². The second kappa shape index (κ2) is 2.85. The van der Waals surface area contributed by atoms with Crippen LogP contribution in [-0.2, 0) is 0 Å². The molecule has 1 nitrogen and oxygen atoms in total. The predicted octanol–water partition coefficient (Wildman–Crippen LogP) is 2.75. The quantitative estimate of drug-likeness (QED) is 0.667. The normalized spacial score (nSPS) is 54.9. The lowest BCUT2D eigenvalue weighted by Crippen LogP contribution is -2.56. The van der Waals surface area contributed by atoms with Gasteiger partial charge in [0.2, 0.25) is 0 Å². The van der Waals surface area contributed by atoms with Gasteiger partial charge < -0.3 is 5.11 Å². The summed E-state index contributed by atoms with van der Waals surface area (Å²) in [6, 6.07) is 0. The van der Waals surface area contributed by atoms with Crippen LogP contribution in [0, 0.1) is 23.7 Å². The summed E-state index contributed by atoms with van der Waals surface area (Å²) in [5.74, 6) is 3.04. The maximum absolute atomic E-state index is 10.6. The Kier molecular flexibility index (Phi) is 1.82. The van der Waals surface area contributed by atoms with Crippen LogP contribution in [0.1, 0.15) is 38.5 Å². The van der Waals surface area contributed by atoms with Gasteiger partial charge in [0.15, 0.2) is 0 Å². The average molecular weight is 192 g/mol. The minimum absolute atomic E-state index is 0.303. The summed E-state index contributed by atoms with van der Waals surface area (Å²) < 4.78 is 0. The van der Waals surface area contributed by atoms with E-state index < -0.39 is 0 Å². The maximum atomic E-state index is 10.6. The largest absolute Gasteiger partial charge is 0.390 e. The van der Waals surface area contributed by atoms with Crippen LogP contribution in [0.4, 0.5) is 0 Å². The first-order valence-electron chi connectivity index (χ1n) is 6.04. The third-order valence-electron chi connectivity index (χ3n) is 4.90. The first-order valence-corrected chi connectivity index (χ1v) is 6.04. The summed E-state index contributed by atoms with van der Waals surface area (Å²) in [7, 11) is 0. The first kappa shape index (κ1) is 8.96. The van der Waals surface area contributed by atoms with E-state index in [1.54, 1.807) is 0 Å². The number of allylic oxidation sites excluding steroid dienone is 1. The van der Waals surface area contributed by atoms with E-state index in [2.05, 4.69) is 6.58 Å². The molecule has 4 bridgehead atoms. The molecule has 0 spiro atoms. The fourth-order valence-corrected chi connectivity index (χ4v) is 4.69. The van der Waals surface area contributed by atoms with Crippen LogP contribution < -0.4 is 0 Å². The molecule has 78 valence electrons. The lowest BCUT2D eigenvalue weighted by atomic mass is 9.49. The molecule has 0 aliphatic heterocycles. The van der Waals surface area contributed by atoms with Gasteiger partial charge in [-0.25, -0.2) is 0 Å². The summed E-state index contributed by atoms with van der Waals surface area (Å²) in [4.78, 5) is 0. The zero-order valence-corrected chi connectivity index (χ0v) is 8.78. The van der Waals surface area contributed by atoms with Crippen molar-refractivity contribution in [3.63, 3.8) is 0 Å². The molecule has 4 saturated carbocycles. The molecule has 3 unspecified atom stereocenters. The van der Waals surface area contributed by atoms with Crippen molar-refractivity contribution in [1.29, 1.82) is 0 Å². The lowest BCUT2D eigenvalue weighted by molar-refractivity contribution is -0.169. The Hall–Kier alpha value is -0.300. The third kappa shape index (κ3) is 1.11. The summed E-state index contributed by atoms with van der Waals surface area (Å²) in [6.45, 7) is 3.83. The van der Waals surface area contributed by atoms with Gasteiger partial charge in [0.1, 0.15) is 0 Å². The molecule has 0 heterocycles. The Morgan fingerprint density at radius 2 is 1.86 bits per heavy atom. The third-order valence-corrected chi connectivity index (χ3v) is 4.90. The fourth-order valence-electron chi connectivity index (χ4n) is 4.69. The van der Waals surface area contributed by atoms with Gasteiger partial charge in [-0.1, -0.05) is 6.08 Å². The van der Waals surface area contributed by atoms with Gasteiger partial charge in [-0.15, -0.1) is 6.58 Å². The standard InChI is InChI=1S/C13H20O/c1-2-3-12-11-5-9-4-10(6-11)8-13(12,14)7-9/h2,9-12,14H,1,3-8H2. The number of hydrogen-bond acceptors (Lipinski definition) is 1. The average Bonchev–Trinajstić information content (AvgIpc) is 2.09. The molecule has 0 aromatic heterocycles. The van der Waals surface area contributed by atoms with E-state index in [9.17, 15) is 5.11 Å². The molecule has 3 atom stereocenters. The van der Waals surface area contributed by atoms with Gasteiger partial charge in [-0.3, -0.25) is 0 Å². The predicted molar refractivity (Wildman–Crippen MR) is 56.8 cm³/mol. The van der Waals surface area contributed by atoms with E-state index in [4.69, 9.17) is 0 Å². The van der Waals surface area contributed by atoms with Crippen molar-refractivity contribution in [3.8, 4) is 0 Å². The van der Waals surface area contributed by atoms with Crippen LogP contribution in [-0.4, -0.2) is 10.7 Å².